The molecule has 0 saturated carbocycles. The van der Waals surface area contributed by atoms with Gasteiger partial charge in [-0.25, -0.2) is 4.79 Å². The number of rotatable bonds is 10. The number of pyridine rings is 2. The summed E-state index contributed by atoms with van der Waals surface area (Å²) in [4.78, 5) is 64.4. The zero-order valence-electron chi connectivity index (χ0n) is 29.5. The number of halogens is 1. The number of carbonyl (C=O) groups excluding carboxylic acids is 3. The topological polar surface area (TPSA) is 126 Å². The summed E-state index contributed by atoms with van der Waals surface area (Å²) in [5.41, 5.74) is 1.36. The van der Waals surface area contributed by atoms with Gasteiger partial charge in [-0.15, -0.1) is 0 Å². The first-order chi connectivity index (χ1) is 22.5. The quantitative estimate of drug-likeness (QED) is 0.0595. The van der Waals surface area contributed by atoms with Crippen molar-refractivity contribution in [2.24, 2.45) is 5.92 Å². The second-order valence-electron chi connectivity index (χ2n) is 14.1. The van der Waals surface area contributed by atoms with Crippen LogP contribution in [0.25, 0.3) is 22.3 Å². The zero-order chi connectivity index (χ0) is 35.2. The van der Waals surface area contributed by atoms with Crippen molar-refractivity contribution in [2.75, 3.05) is 28.4 Å². The third-order valence-electron chi connectivity index (χ3n) is 8.78. The van der Waals surface area contributed by atoms with Crippen LogP contribution in [0.2, 0.25) is 0 Å². The van der Waals surface area contributed by atoms with Gasteiger partial charge in [-0.2, -0.15) is 0 Å². The first kappa shape index (κ1) is 36.2. The number of carbonyl (C=O) groups is 3. The van der Waals surface area contributed by atoms with Crippen molar-refractivity contribution in [3.63, 3.8) is 0 Å². The van der Waals surface area contributed by atoms with Crippen LogP contribution in [0.15, 0.2) is 40.0 Å². The summed E-state index contributed by atoms with van der Waals surface area (Å²) in [5.74, 6) is 0.295. The number of benzene rings is 1. The molecular weight excluding hydrogens is 745 g/mol. The fourth-order valence-electron chi connectivity index (χ4n) is 6.61. The molecule has 0 bridgehead atoms. The third kappa shape index (κ3) is 6.71. The van der Waals surface area contributed by atoms with E-state index in [0.717, 1.165) is 27.9 Å². The Morgan fingerprint density at radius 2 is 1.88 bits per heavy atom. The molecule has 1 N–H and O–H groups in total. The van der Waals surface area contributed by atoms with Crippen molar-refractivity contribution >= 4 is 54.6 Å². The summed E-state index contributed by atoms with van der Waals surface area (Å²) in [5, 5.41) is 3.78. The molecule has 2 aromatic heterocycles. The van der Waals surface area contributed by atoms with Gasteiger partial charge in [-0.3, -0.25) is 0 Å². The van der Waals surface area contributed by atoms with Crippen LogP contribution in [0.3, 0.4) is 0 Å². The van der Waals surface area contributed by atoms with Gasteiger partial charge in [0.25, 0.3) is 0 Å². The molecule has 2 aliphatic rings. The Kier molecular flexibility index (Phi) is 10.3. The van der Waals surface area contributed by atoms with Crippen LogP contribution in [0.4, 0.5) is 4.79 Å². The number of alkyl carbamates (subject to hydrolysis) is 1. The van der Waals surface area contributed by atoms with Gasteiger partial charge in [-0.1, -0.05) is 0 Å². The van der Waals surface area contributed by atoms with Gasteiger partial charge in [-0.05, 0) is 20.8 Å². The minimum atomic E-state index is -1.77. The van der Waals surface area contributed by atoms with Gasteiger partial charge in [0.2, 0.25) is 0 Å². The van der Waals surface area contributed by atoms with E-state index in [0.29, 0.717) is 29.3 Å². The Bertz CT molecular complexity index is 1830. The summed E-state index contributed by atoms with van der Waals surface area (Å²) < 4.78 is 18.5. The Morgan fingerprint density at radius 3 is 2.52 bits per heavy atom. The van der Waals surface area contributed by atoms with Gasteiger partial charge < -0.3 is 10.1 Å². The zero-order valence-corrected chi connectivity index (χ0v) is 32.4. The molecule has 0 spiro atoms. The molecule has 0 aliphatic carbocycles. The summed E-state index contributed by atoms with van der Waals surface area (Å²) in [6.07, 6.45) is 2.20. The Labute approximate surface area is 289 Å². The average Bonchev–Trinajstić information content (AvgIpc) is 3.36. The second-order valence-corrected chi connectivity index (χ2v) is 30.7. The molecule has 0 fully saturated rings. The number of nitrogens with zero attached hydrogens (tertiary/aromatic N) is 2. The molecule has 0 saturated heterocycles. The molecule has 1 aromatic carbocycles. The number of amides is 1. The molecular formula is C36H48IN3O7S. The van der Waals surface area contributed by atoms with Crippen molar-refractivity contribution in [3.8, 4) is 11.4 Å². The average molecular weight is 794 g/mol. The van der Waals surface area contributed by atoms with Crippen LogP contribution in [0, 0.1) is 5.92 Å². The van der Waals surface area contributed by atoms with E-state index in [9.17, 15) is 19.2 Å². The van der Waals surface area contributed by atoms with Crippen molar-refractivity contribution in [2.45, 2.75) is 90.1 Å². The molecule has 2 atom stereocenters. The first-order valence-electron chi connectivity index (χ1n) is 16.3. The molecule has 4 heterocycles. The number of nitrogens with one attached hydrogen (secondary N) is 1. The van der Waals surface area contributed by atoms with Crippen molar-refractivity contribution in [1.29, 1.82) is 0 Å². The molecule has 10 nitrogen and oxygen atoms in total. The van der Waals surface area contributed by atoms with Crippen molar-refractivity contribution < 1.29 is 28.6 Å². The van der Waals surface area contributed by atoms with Crippen LogP contribution in [-0.2, 0) is 42.6 Å². The van der Waals surface area contributed by atoms with E-state index < -0.39 is 54.9 Å². The van der Waals surface area contributed by atoms with Crippen molar-refractivity contribution in [1.82, 2.24) is 14.9 Å². The molecule has 12 heteroatoms. The Hall–Kier alpha value is -3.13. The van der Waals surface area contributed by atoms with E-state index in [2.05, 4.69) is 47.4 Å². The molecule has 262 valence electrons. The van der Waals surface area contributed by atoms with Crippen LogP contribution in [0.1, 0.15) is 77.5 Å². The molecule has 48 heavy (non-hydrogen) atoms. The number of ether oxygens (including phenoxy) is 3. The van der Waals surface area contributed by atoms with Crippen LogP contribution in [0.5, 0.6) is 0 Å². The monoisotopic (exact) mass is 793 g/mol. The number of para-hydroxylation sites is 1. The van der Waals surface area contributed by atoms with Gasteiger partial charge in [0.15, 0.2) is 0 Å². The molecule has 3 aromatic rings. The molecule has 5 rings (SSSR count). The number of aromatic nitrogens is 2. The molecule has 2 aliphatic heterocycles. The molecule has 1 unspecified atom stereocenters. The molecule has 0 radical (unpaired) electrons. The number of hydrogen-bond donors (Lipinski definition) is 1. The standard InChI is InChI=1S/C36H48IN3O7S/c1-10-36(46-29(41)16-13-17-38-34(44)47-35(4,5)6)26-18-28-30-24(19-40(28)32(42)25(26)20-45-33(36)43)31(23-14-11-12-15-27(23)39-30)48(9,37(7)8)21-22(2)3/h11-12,14-15,18,22H,10,13,16-17,19-21H2,1-9H3,(H,38,44)/t36-/m0/s1. The number of esters is 2. The maximum atomic E-state index is 14.3. The fourth-order valence-corrected chi connectivity index (χ4v) is 18.4. The van der Waals surface area contributed by atoms with Gasteiger partial charge in [0, 0.05) is 6.54 Å². The number of alkyl halides is 2. The normalized spacial score (nSPS) is 19.0. The summed E-state index contributed by atoms with van der Waals surface area (Å²) in [6.45, 7) is 12.0. The maximum absolute atomic E-state index is 14.3. The van der Waals surface area contributed by atoms with Gasteiger partial charge in [0.1, 0.15) is 5.60 Å². The van der Waals surface area contributed by atoms with Gasteiger partial charge >= 0.3 is 243 Å². The fraction of sp³-hybridized carbons (Fsp3) is 0.528. The van der Waals surface area contributed by atoms with Gasteiger partial charge in [0.05, 0.1) is 0 Å². The minimum absolute atomic E-state index is 0.0549. The van der Waals surface area contributed by atoms with Crippen LogP contribution >= 0.6 is 25.6 Å². The first-order valence-corrected chi connectivity index (χ1v) is 25.4. The Morgan fingerprint density at radius 1 is 1.17 bits per heavy atom. The number of cyclic esters (lactones) is 1. The number of hydrogen-bond acceptors (Lipinski definition) is 8. The van der Waals surface area contributed by atoms with E-state index >= 15 is 0 Å². The summed E-state index contributed by atoms with van der Waals surface area (Å²) in [6, 6.07) is 10.1. The predicted octanol–water partition coefficient (Wildman–Crippen LogP) is 7.07. The van der Waals surface area contributed by atoms with E-state index in [4.69, 9.17) is 19.2 Å². The molecule has 1 amide bonds. The van der Waals surface area contributed by atoms with Crippen LogP contribution < -0.4 is 10.9 Å². The van der Waals surface area contributed by atoms with E-state index in [1.54, 1.807) is 32.3 Å². The summed E-state index contributed by atoms with van der Waals surface area (Å²) in [7, 11) is -1.19. The van der Waals surface area contributed by atoms with E-state index in [1.807, 2.05) is 18.2 Å². The number of fused-ring (bicyclic) bond motifs is 5. The van der Waals surface area contributed by atoms with E-state index in [-0.39, 0.29) is 38.0 Å². The van der Waals surface area contributed by atoms with Crippen molar-refractivity contribution in [3.05, 3.63) is 57.4 Å². The second kappa shape index (κ2) is 13.6. The third-order valence-corrected chi connectivity index (χ3v) is 26.8. The Balaban J connectivity index is 1.55. The summed E-state index contributed by atoms with van der Waals surface area (Å²) >= 11 is -1.43. The SMILES string of the molecule is CC[C@@]1(OC(=O)CCCNC(=O)OC(C)(C)C)C(=O)OCc2c1cc1n(c2=O)Cc2c-1nc1ccccc1c2S(C)(CC(C)C)I(C)C. The predicted molar refractivity (Wildman–Crippen MR) is 199 cm³/mol. The van der Waals surface area contributed by atoms with E-state index in [1.165, 1.54) is 4.90 Å². The van der Waals surface area contributed by atoms with Crippen LogP contribution in [-0.4, -0.2) is 61.6 Å².